The molecular weight excluding hydrogens is 219 g/mol. The summed E-state index contributed by atoms with van der Waals surface area (Å²) in [7, 11) is 0. The van der Waals surface area contributed by atoms with Crippen LogP contribution in [-0.2, 0) is 6.61 Å². The third-order valence-corrected chi connectivity index (χ3v) is 1.40. The van der Waals surface area contributed by atoms with E-state index in [2.05, 4.69) is 0 Å². The zero-order chi connectivity index (χ0) is 10.0. The summed E-state index contributed by atoms with van der Waals surface area (Å²) in [6.07, 6.45) is 0. The fourth-order valence-corrected chi connectivity index (χ4v) is 0.837. The average Bonchev–Trinajstić information content (AvgIpc) is 2.02. The first kappa shape index (κ1) is 13.7. The fraction of sp³-hybridized carbons (Fsp3) is 0.167. The second kappa shape index (κ2) is 5.58. The van der Waals surface area contributed by atoms with Crippen molar-refractivity contribution in [2.45, 2.75) is 6.61 Å². The largest absolute Gasteiger partial charge is 1.00 e. The van der Waals surface area contributed by atoms with E-state index in [1.54, 1.807) is 4.98 Å². The Bertz CT molecular complexity index is 448. The van der Waals surface area contributed by atoms with Gasteiger partial charge in [0.05, 0.1) is 23.8 Å². The van der Waals surface area contributed by atoms with Gasteiger partial charge < -0.3 is 20.0 Å². The van der Waals surface area contributed by atoms with Crippen molar-refractivity contribution in [3.63, 3.8) is 0 Å². The van der Waals surface area contributed by atoms with E-state index < -0.39 is 35.1 Å². The summed E-state index contributed by atoms with van der Waals surface area (Å²) in [5, 5.41) is 18.9. The van der Waals surface area contributed by atoms with Crippen molar-refractivity contribution in [3.05, 3.63) is 32.1 Å². The number of carboxylic acids is 1. The molecule has 1 aromatic rings. The normalized spacial score (nSPS) is 9.21. The first-order chi connectivity index (χ1) is 6.06. The van der Waals surface area contributed by atoms with Gasteiger partial charge >= 0.3 is 57.1 Å². The van der Waals surface area contributed by atoms with E-state index >= 15 is 0 Å². The van der Waals surface area contributed by atoms with Gasteiger partial charge in [0, 0.05) is 0 Å². The summed E-state index contributed by atoms with van der Waals surface area (Å²) in [5.74, 6) is -1.72. The molecular formula is C6H5KN2O5. The van der Waals surface area contributed by atoms with Crippen LogP contribution in [0, 0.1) is 0 Å². The molecule has 3 N–H and O–H groups in total. The van der Waals surface area contributed by atoms with E-state index in [4.69, 9.17) is 5.11 Å². The molecule has 0 aromatic carbocycles. The number of hydrogen-bond donors (Lipinski definition) is 3. The number of aliphatic hydroxyl groups is 1. The molecule has 1 rings (SSSR count). The molecule has 0 unspecified atom stereocenters. The Morgan fingerprint density at radius 3 is 2.36 bits per heavy atom. The molecule has 7 nitrogen and oxygen atoms in total. The number of carboxylic acid groups (broad SMARTS) is 1. The number of rotatable bonds is 2. The van der Waals surface area contributed by atoms with E-state index in [0.717, 1.165) is 0 Å². The SMILES string of the molecule is O=C([O-])c1[nH]c(=O)[nH]c(=O)c1CO.[K+]. The van der Waals surface area contributed by atoms with Gasteiger partial charge in [-0.15, -0.1) is 0 Å². The summed E-state index contributed by atoms with van der Waals surface area (Å²) in [6, 6.07) is 0. The summed E-state index contributed by atoms with van der Waals surface area (Å²) >= 11 is 0. The summed E-state index contributed by atoms with van der Waals surface area (Å²) in [6.45, 7) is -0.782. The van der Waals surface area contributed by atoms with Crippen molar-refractivity contribution in [1.29, 1.82) is 0 Å². The smallest absolute Gasteiger partial charge is 0.543 e. The number of aromatic carboxylic acids is 1. The number of nitrogens with one attached hydrogen (secondary N) is 2. The van der Waals surface area contributed by atoms with E-state index in [0.29, 0.717) is 0 Å². The van der Waals surface area contributed by atoms with E-state index in [-0.39, 0.29) is 51.4 Å². The molecule has 0 aliphatic rings. The number of aliphatic hydroxyl groups excluding tert-OH is 1. The van der Waals surface area contributed by atoms with E-state index in [1.807, 2.05) is 4.98 Å². The summed E-state index contributed by atoms with van der Waals surface area (Å²) in [5.41, 5.74) is -3.03. The maximum Gasteiger partial charge on any atom is 1.00 e. The van der Waals surface area contributed by atoms with E-state index in [1.165, 1.54) is 0 Å². The van der Waals surface area contributed by atoms with Crippen LogP contribution in [0.15, 0.2) is 9.59 Å². The number of aromatic amines is 2. The van der Waals surface area contributed by atoms with Gasteiger partial charge in [0.15, 0.2) is 0 Å². The molecule has 0 fully saturated rings. The topological polar surface area (TPSA) is 126 Å². The second-order valence-corrected chi connectivity index (χ2v) is 2.21. The van der Waals surface area contributed by atoms with Gasteiger partial charge in [0.1, 0.15) is 0 Å². The molecule has 14 heavy (non-hydrogen) atoms. The molecule has 8 heteroatoms. The second-order valence-electron chi connectivity index (χ2n) is 2.21. The molecule has 0 saturated heterocycles. The number of H-pyrrole nitrogens is 2. The molecule has 0 bridgehead atoms. The van der Waals surface area contributed by atoms with Crippen molar-refractivity contribution in [2.24, 2.45) is 0 Å². The minimum Gasteiger partial charge on any atom is -0.543 e. The number of aromatic nitrogens is 2. The van der Waals surface area contributed by atoms with Crippen LogP contribution in [0.4, 0.5) is 0 Å². The minimum absolute atomic E-state index is 0. The molecule has 0 atom stereocenters. The van der Waals surface area contributed by atoms with Gasteiger partial charge in [-0.1, -0.05) is 0 Å². The van der Waals surface area contributed by atoms with Crippen LogP contribution in [0.5, 0.6) is 0 Å². The van der Waals surface area contributed by atoms with Crippen molar-refractivity contribution < 1.29 is 66.4 Å². The quantitative estimate of drug-likeness (QED) is 0.431. The Hall–Kier alpha value is -0.254. The van der Waals surface area contributed by atoms with Crippen LogP contribution in [0.1, 0.15) is 16.1 Å². The Morgan fingerprint density at radius 2 is 1.93 bits per heavy atom. The third-order valence-electron chi connectivity index (χ3n) is 1.40. The van der Waals surface area contributed by atoms with Crippen molar-refractivity contribution in [2.75, 3.05) is 0 Å². The Labute approximate surface area is 120 Å². The summed E-state index contributed by atoms with van der Waals surface area (Å²) < 4.78 is 0. The van der Waals surface area contributed by atoms with E-state index in [9.17, 15) is 19.5 Å². The Balaban J connectivity index is 0.00000169. The molecule has 0 spiro atoms. The first-order valence-electron chi connectivity index (χ1n) is 3.24. The van der Waals surface area contributed by atoms with Crippen molar-refractivity contribution in [3.8, 4) is 0 Å². The third kappa shape index (κ3) is 2.87. The number of hydrogen-bond acceptors (Lipinski definition) is 5. The van der Waals surface area contributed by atoms with Crippen LogP contribution >= 0.6 is 0 Å². The Morgan fingerprint density at radius 1 is 1.36 bits per heavy atom. The Kier molecular flexibility index (Phi) is 5.48. The molecule has 0 amide bonds. The van der Waals surface area contributed by atoms with Crippen LogP contribution in [0.3, 0.4) is 0 Å². The van der Waals surface area contributed by atoms with Gasteiger partial charge in [-0.2, -0.15) is 0 Å². The maximum absolute atomic E-state index is 10.9. The summed E-state index contributed by atoms with van der Waals surface area (Å²) in [4.78, 5) is 35.4. The fourth-order valence-electron chi connectivity index (χ4n) is 0.837. The van der Waals surface area contributed by atoms with Crippen LogP contribution in [0.25, 0.3) is 0 Å². The van der Waals surface area contributed by atoms with Gasteiger partial charge in [0.25, 0.3) is 5.56 Å². The molecule has 0 aliphatic heterocycles. The molecule has 0 radical (unpaired) electrons. The molecule has 70 valence electrons. The molecule has 0 aliphatic carbocycles. The van der Waals surface area contributed by atoms with Gasteiger partial charge in [0.2, 0.25) is 0 Å². The number of carbonyl (C=O) groups excluding carboxylic acids is 1. The average molecular weight is 224 g/mol. The molecule has 1 aromatic heterocycles. The predicted octanol–water partition coefficient (Wildman–Crippen LogP) is -6.08. The van der Waals surface area contributed by atoms with Crippen molar-refractivity contribution in [1.82, 2.24) is 9.97 Å². The zero-order valence-electron chi connectivity index (χ0n) is 7.29. The van der Waals surface area contributed by atoms with Crippen LogP contribution in [0.2, 0.25) is 0 Å². The maximum atomic E-state index is 10.9. The minimum atomic E-state index is -1.72. The monoisotopic (exact) mass is 224 g/mol. The van der Waals surface area contributed by atoms with Crippen LogP contribution < -0.4 is 67.7 Å². The standard InChI is InChI=1S/C6H6N2O5.K/c9-1-2-3(5(11)12)7-6(13)8-4(2)10;/h9H,1H2,(H,11,12)(H2,7,8,10,13);/q;+1/p-1. The molecule has 0 saturated carbocycles. The van der Waals surface area contributed by atoms with Crippen molar-refractivity contribution >= 4 is 5.97 Å². The molecule has 1 heterocycles. The van der Waals surface area contributed by atoms with Gasteiger partial charge in [-0.25, -0.2) is 4.79 Å². The number of carbonyl (C=O) groups is 1. The van der Waals surface area contributed by atoms with Gasteiger partial charge in [-0.05, 0) is 0 Å². The van der Waals surface area contributed by atoms with Gasteiger partial charge in [-0.3, -0.25) is 9.78 Å². The first-order valence-corrected chi connectivity index (χ1v) is 3.24. The van der Waals surface area contributed by atoms with Crippen LogP contribution in [-0.4, -0.2) is 21.0 Å². The predicted molar refractivity (Wildman–Crippen MR) is 37.9 cm³/mol. The zero-order valence-corrected chi connectivity index (χ0v) is 10.4.